The normalized spacial score (nSPS) is 15.4. The Morgan fingerprint density at radius 2 is 2.00 bits per heavy atom. The van der Waals surface area contributed by atoms with Crippen molar-refractivity contribution in [3.8, 4) is 11.3 Å². The third-order valence-electron chi connectivity index (χ3n) is 6.88. The van der Waals surface area contributed by atoms with Crippen molar-refractivity contribution in [2.75, 3.05) is 18.8 Å². The van der Waals surface area contributed by atoms with Gasteiger partial charge in [-0.2, -0.15) is 5.10 Å². The van der Waals surface area contributed by atoms with Crippen molar-refractivity contribution >= 4 is 40.3 Å². The Bertz CT molecular complexity index is 1510. The van der Waals surface area contributed by atoms with Crippen LogP contribution in [0.3, 0.4) is 0 Å². The molecule has 2 aromatic carbocycles. The van der Waals surface area contributed by atoms with Crippen LogP contribution in [0.15, 0.2) is 61.4 Å². The van der Waals surface area contributed by atoms with E-state index >= 15 is 0 Å². The van der Waals surface area contributed by atoms with Gasteiger partial charge in [-0.15, -0.1) is 0 Å². The predicted molar refractivity (Wildman–Crippen MR) is 148 cm³/mol. The molecule has 2 amide bonds. The minimum atomic E-state index is -0.219. The highest BCUT2D eigenvalue weighted by atomic mass is 35.5. The number of piperidine rings is 1. The summed E-state index contributed by atoms with van der Waals surface area (Å²) in [5, 5.41) is 8.95. The number of nitrogen functional groups attached to an aromatic ring is 1. The van der Waals surface area contributed by atoms with E-state index < -0.39 is 0 Å². The summed E-state index contributed by atoms with van der Waals surface area (Å²) in [6.45, 7) is 7.03. The van der Waals surface area contributed by atoms with E-state index in [4.69, 9.17) is 22.4 Å². The summed E-state index contributed by atoms with van der Waals surface area (Å²) in [5.74, 6) is 0.0359. The van der Waals surface area contributed by atoms with Crippen LogP contribution in [0, 0.1) is 6.92 Å². The summed E-state index contributed by atoms with van der Waals surface area (Å²) in [4.78, 5) is 35.4. The number of carbonyl (C=O) groups is 2. The molecule has 1 fully saturated rings. The van der Waals surface area contributed by atoms with Gasteiger partial charge in [0.2, 0.25) is 5.91 Å². The van der Waals surface area contributed by atoms with Crippen LogP contribution in [0.1, 0.15) is 40.4 Å². The maximum Gasteiger partial charge on any atom is 0.253 e. The van der Waals surface area contributed by atoms with Gasteiger partial charge in [-0.3, -0.25) is 9.59 Å². The first-order valence-corrected chi connectivity index (χ1v) is 12.8. The first-order valence-electron chi connectivity index (χ1n) is 12.4. The lowest BCUT2D eigenvalue weighted by atomic mass is 10.1. The van der Waals surface area contributed by atoms with Gasteiger partial charge in [0.1, 0.15) is 17.8 Å². The van der Waals surface area contributed by atoms with Gasteiger partial charge in [0, 0.05) is 25.2 Å². The van der Waals surface area contributed by atoms with Crippen molar-refractivity contribution in [2.24, 2.45) is 0 Å². The highest BCUT2D eigenvalue weighted by Gasteiger charge is 2.28. The highest BCUT2D eigenvalue weighted by Crippen LogP contribution is 2.34. The zero-order chi connectivity index (χ0) is 26.8. The summed E-state index contributed by atoms with van der Waals surface area (Å²) in [7, 11) is 0. The number of nitrogens with two attached hydrogens (primary N) is 1. The van der Waals surface area contributed by atoms with Gasteiger partial charge in [0.25, 0.3) is 5.91 Å². The van der Waals surface area contributed by atoms with Crippen LogP contribution in [0.25, 0.3) is 22.3 Å². The molecule has 194 valence electrons. The average molecular weight is 530 g/mol. The maximum atomic E-state index is 12.7. The Morgan fingerprint density at radius 1 is 1.21 bits per heavy atom. The zero-order valence-corrected chi connectivity index (χ0v) is 21.8. The highest BCUT2D eigenvalue weighted by molar-refractivity contribution is 6.34. The van der Waals surface area contributed by atoms with Gasteiger partial charge in [-0.1, -0.05) is 54.6 Å². The van der Waals surface area contributed by atoms with Gasteiger partial charge in [0.15, 0.2) is 5.65 Å². The van der Waals surface area contributed by atoms with Crippen molar-refractivity contribution in [3.63, 3.8) is 0 Å². The molecule has 4 aromatic rings. The number of rotatable bonds is 6. The summed E-state index contributed by atoms with van der Waals surface area (Å²) >= 11 is 6.23. The molecule has 0 saturated carbocycles. The lowest BCUT2D eigenvalue weighted by molar-refractivity contribution is -0.127. The first-order chi connectivity index (χ1) is 18.4. The number of halogens is 1. The second-order valence-corrected chi connectivity index (χ2v) is 9.75. The largest absolute Gasteiger partial charge is 0.383 e. The van der Waals surface area contributed by atoms with E-state index in [9.17, 15) is 9.59 Å². The molecule has 1 atom stereocenters. The Morgan fingerprint density at radius 3 is 2.74 bits per heavy atom. The van der Waals surface area contributed by atoms with E-state index in [2.05, 4.69) is 21.9 Å². The lowest BCUT2D eigenvalue weighted by Gasteiger charge is -2.32. The second-order valence-electron chi connectivity index (χ2n) is 9.35. The SMILES string of the molecule is C=CC(=O)N1CCC[C@@H](n2nc(-c3ccc(CNC(=O)c4c(C)cccc4Cl)cc3)c3c(N)ncnc32)C1. The fraction of sp³-hybridized carbons (Fsp3) is 0.250. The molecule has 1 aliphatic heterocycles. The van der Waals surface area contributed by atoms with Crippen LogP contribution in [0.2, 0.25) is 5.02 Å². The molecular weight excluding hydrogens is 502 g/mol. The fourth-order valence-corrected chi connectivity index (χ4v) is 5.21. The molecule has 0 unspecified atom stereocenters. The van der Waals surface area contributed by atoms with Gasteiger partial charge in [-0.05, 0) is 43.0 Å². The minimum absolute atomic E-state index is 0.0408. The number of nitrogens with one attached hydrogen (secondary N) is 1. The molecule has 1 aliphatic rings. The second kappa shape index (κ2) is 10.6. The van der Waals surface area contributed by atoms with E-state index in [1.165, 1.54) is 12.4 Å². The van der Waals surface area contributed by atoms with Gasteiger partial charge >= 0.3 is 0 Å². The number of likely N-dealkylation sites (tertiary alicyclic amines) is 1. The van der Waals surface area contributed by atoms with Crippen LogP contribution in [-0.4, -0.2) is 49.6 Å². The molecule has 0 aliphatic carbocycles. The quantitative estimate of drug-likeness (QED) is 0.359. The monoisotopic (exact) mass is 529 g/mol. The molecular formula is C28H28ClN7O2. The number of anilines is 1. The summed E-state index contributed by atoms with van der Waals surface area (Å²) in [6.07, 6.45) is 4.50. The number of hydrogen-bond donors (Lipinski definition) is 2. The standard InChI is InChI=1S/C28H28ClN7O2/c1-3-22(37)35-13-5-7-20(15-35)36-27-24(26(30)32-16-33-27)25(34-36)19-11-9-18(10-12-19)14-31-28(38)23-17(2)6-4-8-21(23)29/h3-4,6,8-12,16,20H,1,5,7,13-15H2,2H3,(H,31,38)(H2,30,32,33)/t20-/m1/s1. The third kappa shape index (κ3) is 4.84. The molecule has 5 rings (SSSR count). The van der Waals surface area contributed by atoms with Crippen molar-refractivity contribution in [2.45, 2.75) is 32.4 Å². The molecule has 3 heterocycles. The molecule has 9 nitrogen and oxygen atoms in total. The zero-order valence-electron chi connectivity index (χ0n) is 21.0. The predicted octanol–water partition coefficient (Wildman–Crippen LogP) is 4.32. The van der Waals surface area contributed by atoms with Crippen LogP contribution >= 0.6 is 11.6 Å². The molecule has 3 N–H and O–H groups in total. The van der Waals surface area contributed by atoms with Crippen molar-refractivity contribution in [1.82, 2.24) is 30.0 Å². The average Bonchev–Trinajstić information content (AvgIpc) is 3.33. The van der Waals surface area contributed by atoms with E-state index in [-0.39, 0.29) is 17.9 Å². The van der Waals surface area contributed by atoms with Gasteiger partial charge in [0.05, 0.1) is 22.0 Å². The van der Waals surface area contributed by atoms with Crippen LogP contribution in [-0.2, 0) is 11.3 Å². The van der Waals surface area contributed by atoms with Crippen LogP contribution in [0.4, 0.5) is 5.82 Å². The van der Waals surface area contributed by atoms with Crippen molar-refractivity contribution in [1.29, 1.82) is 0 Å². The molecule has 0 radical (unpaired) electrons. The topological polar surface area (TPSA) is 119 Å². The molecule has 10 heteroatoms. The van der Waals surface area contributed by atoms with Crippen LogP contribution < -0.4 is 11.1 Å². The first kappa shape index (κ1) is 25.4. The smallest absolute Gasteiger partial charge is 0.253 e. The number of hydrogen-bond acceptors (Lipinski definition) is 6. The van der Waals surface area contributed by atoms with Crippen LogP contribution in [0.5, 0.6) is 0 Å². The fourth-order valence-electron chi connectivity index (χ4n) is 4.91. The van der Waals surface area contributed by atoms with E-state index in [1.807, 2.05) is 48.0 Å². The molecule has 2 aromatic heterocycles. The Hall–Kier alpha value is -4.24. The summed E-state index contributed by atoms with van der Waals surface area (Å²) in [6, 6.07) is 13.1. The Balaban J connectivity index is 1.40. The lowest BCUT2D eigenvalue weighted by Crippen LogP contribution is -2.40. The Kier molecular flexibility index (Phi) is 7.11. The molecule has 38 heavy (non-hydrogen) atoms. The number of benzene rings is 2. The number of aromatic nitrogens is 4. The van der Waals surface area contributed by atoms with E-state index in [1.54, 1.807) is 11.0 Å². The third-order valence-corrected chi connectivity index (χ3v) is 7.19. The summed E-state index contributed by atoms with van der Waals surface area (Å²) < 4.78 is 1.87. The number of amides is 2. The summed E-state index contributed by atoms with van der Waals surface area (Å²) in [5.41, 5.74) is 10.7. The van der Waals surface area contributed by atoms with Gasteiger partial charge < -0.3 is 16.0 Å². The van der Waals surface area contributed by atoms with Gasteiger partial charge in [-0.25, -0.2) is 14.6 Å². The molecule has 0 bridgehead atoms. The van der Waals surface area contributed by atoms with E-state index in [0.29, 0.717) is 52.8 Å². The van der Waals surface area contributed by atoms with Crippen molar-refractivity contribution in [3.05, 3.63) is 83.2 Å². The minimum Gasteiger partial charge on any atom is -0.383 e. The van der Waals surface area contributed by atoms with E-state index in [0.717, 1.165) is 29.5 Å². The molecule has 0 spiro atoms. The van der Waals surface area contributed by atoms with Crippen molar-refractivity contribution < 1.29 is 9.59 Å². The molecule has 1 saturated heterocycles. The number of aryl methyl sites for hydroxylation is 1. The number of fused-ring (bicyclic) bond motifs is 1. The number of nitrogens with zero attached hydrogens (tertiary/aromatic N) is 5. The Labute approximate surface area is 225 Å². The maximum absolute atomic E-state index is 12.7. The number of carbonyl (C=O) groups excluding carboxylic acids is 2.